The quantitative estimate of drug-likeness (QED) is 0.648. The van der Waals surface area contributed by atoms with E-state index in [1.165, 1.54) is 0 Å². The number of benzene rings is 2. The second-order valence-corrected chi connectivity index (χ2v) is 6.37. The van der Waals surface area contributed by atoms with Crippen LogP contribution in [0.1, 0.15) is 40.2 Å². The van der Waals surface area contributed by atoms with Crippen molar-refractivity contribution in [2.45, 2.75) is 33.2 Å². The van der Waals surface area contributed by atoms with Crippen LogP contribution in [0.4, 0.5) is 0 Å². The number of Topliss-reactive ketones (excluding diaryl/α,β-unsaturated/α-hetero) is 1. The van der Waals surface area contributed by atoms with Crippen LogP contribution in [0.25, 0.3) is 11.5 Å². The zero-order valence-electron chi connectivity index (χ0n) is 15.4. The Kier molecular flexibility index (Phi) is 5.76. The molecule has 6 heteroatoms. The van der Waals surface area contributed by atoms with Gasteiger partial charge < -0.3 is 9.73 Å². The molecule has 0 bridgehead atoms. The lowest BCUT2D eigenvalue weighted by Crippen LogP contribution is -2.23. The molecule has 1 N–H and O–H groups in total. The van der Waals surface area contributed by atoms with E-state index in [0.29, 0.717) is 17.3 Å². The maximum Gasteiger partial charge on any atom is 0.247 e. The SMILES string of the molecule is Cc1ccc(C(=O)CCC(=O)NCc2nnc(-c3ccccc3)o2)cc1C. The fourth-order valence-electron chi connectivity index (χ4n) is 2.57. The lowest BCUT2D eigenvalue weighted by Gasteiger charge is -2.05. The Morgan fingerprint density at radius 2 is 1.74 bits per heavy atom. The zero-order valence-corrected chi connectivity index (χ0v) is 15.4. The highest BCUT2D eigenvalue weighted by atomic mass is 16.4. The second-order valence-electron chi connectivity index (χ2n) is 6.37. The van der Waals surface area contributed by atoms with Gasteiger partial charge in [-0.3, -0.25) is 9.59 Å². The highest BCUT2D eigenvalue weighted by Gasteiger charge is 2.12. The molecule has 0 saturated carbocycles. The number of rotatable bonds is 7. The van der Waals surface area contributed by atoms with Crippen molar-refractivity contribution >= 4 is 11.7 Å². The van der Waals surface area contributed by atoms with Gasteiger partial charge in [-0.15, -0.1) is 10.2 Å². The first-order valence-electron chi connectivity index (χ1n) is 8.78. The molecule has 27 heavy (non-hydrogen) atoms. The number of aryl methyl sites for hydroxylation is 2. The molecule has 3 rings (SSSR count). The third-order valence-corrected chi connectivity index (χ3v) is 4.33. The molecule has 0 radical (unpaired) electrons. The largest absolute Gasteiger partial charge is 0.419 e. The van der Waals surface area contributed by atoms with Crippen LogP contribution >= 0.6 is 0 Å². The number of nitrogens with one attached hydrogen (secondary N) is 1. The van der Waals surface area contributed by atoms with Crippen molar-refractivity contribution in [1.29, 1.82) is 0 Å². The van der Waals surface area contributed by atoms with Gasteiger partial charge in [0.15, 0.2) is 5.78 Å². The third-order valence-electron chi connectivity index (χ3n) is 4.33. The molecule has 6 nitrogen and oxygen atoms in total. The lowest BCUT2D eigenvalue weighted by molar-refractivity contribution is -0.121. The molecule has 0 aliphatic carbocycles. The molecular weight excluding hydrogens is 342 g/mol. The Labute approximate surface area is 157 Å². The average Bonchev–Trinajstić information content (AvgIpc) is 3.16. The molecule has 0 spiro atoms. The minimum Gasteiger partial charge on any atom is -0.419 e. The molecule has 0 saturated heterocycles. The van der Waals surface area contributed by atoms with Crippen LogP contribution < -0.4 is 5.32 Å². The van der Waals surface area contributed by atoms with E-state index in [9.17, 15) is 9.59 Å². The zero-order chi connectivity index (χ0) is 19.2. The van der Waals surface area contributed by atoms with Gasteiger partial charge in [0.2, 0.25) is 17.7 Å². The molecule has 138 valence electrons. The number of hydrogen-bond acceptors (Lipinski definition) is 5. The third kappa shape index (κ3) is 4.88. The predicted octanol–water partition coefficient (Wildman–Crippen LogP) is 3.63. The second kappa shape index (κ2) is 8.40. The van der Waals surface area contributed by atoms with Crippen molar-refractivity contribution < 1.29 is 14.0 Å². The van der Waals surface area contributed by atoms with E-state index in [1.54, 1.807) is 6.07 Å². The number of ketones is 1. The summed E-state index contributed by atoms with van der Waals surface area (Å²) in [4.78, 5) is 24.2. The summed E-state index contributed by atoms with van der Waals surface area (Å²) in [6.45, 7) is 4.10. The number of nitrogens with zero attached hydrogens (tertiary/aromatic N) is 2. The molecule has 0 aliphatic heterocycles. The summed E-state index contributed by atoms with van der Waals surface area (Å²) in [5, 5.41) is 10.6. The molecule has 0 fully saturated rings. The van der Waals surface area contributed by atoms with Crippen molar-refractivity contribution in [3.05, 3.63) is 71.1 Å². The van der Waals surface area contributed by atoms with Gasteiger partial charge in [0.05, 0.1) is 6.54 Å². The first-order valence-corrected chi connectivity index (χ1v) is 8.78. The summed E-state index contributed by atoms with van der Waals surface area (Å²) in [7, 11) is 0. The van der Waals surface area contributed by atoms with Crippen molar-refractivity contribution in [2.75, 3.05) is 0 Å². The Morgan fingerprint density at radius 3 is 2.48 bits per heavy atom. The van der Waals surface area contributed by atoms with Gasteiger partial charge in [-0.1, -0.05) is 30.3 Å². The van der Waals surface area contributed by atoms with E-state index in [2.05, 4.69) is 15.5 Å². The van der Waals surface area contributed by atoms with Crippen LogP contribution in [-0.2, 0) is 11.3 Å². The monoisotopic (exact) mass is 363 g/mol. The summed E-state index contributed by atoms with van der Waals surface area (Å²) in [6.07, 6.45) is 0.277. The lowest BCUT2D eigenvalue weighted by atomic mass is 10.0. The molecule has 1 amide bonds. The fraction of sp³-hybridized carbons (Fsp3) is 0.238. The van der Waals surface area contributed by atoms with Gasteiger partial charge >= 0.3 is 0 Å². The predicted molar refractivity (Wildman–Crippen MR) is 101 cm³/mol. The maximum absolute atomic E-state index is 12.2. The van der Waals surface area contributed by atoms with Crippen LogP contribution in [-0.4, -0.2) is 21.9 Å². The van der Waals surface area contributed by atoms with Gasteiger partial charge in [0, 0.05) is 24.0 Å². The summed E-state index contributed by atoms with van der Waals surface area (Å²) in [6, 6.07) is 15.0. The summed E-state index contributed by atoms with van der Waals surface area (Å²) in [5.74, 6) is 0.455. The van der Waals surface area contributed by atoms with Crippen LogP contribution in [0.2, 0.25) is 0 Å². The summed E-state index contributed by atoms with van der Waals surface area (Å²) in [5.41, 5.74) is 3.66. The molecular formula is C21H21N3O3. The van der Waals surface area contributed by atoms with E-state index >= 15 is 0 Å². The van der Waals surface area contributed by atoms with Crippen molar-refractivity contribution in [2.24, 2.45) is 0 Å². The molecule has 1 aromatic heterocycles. The van der Waals surface area contributed by atoms with Crippen LogP contribution in [0.3, 0.4) is 0 Å². The standard InChI is InChI=1S/C21H21N3O3/c1-14-8-9-17(12-15(14)2)18(25)10-11-19(26)22-13-20-23-24-21(27-20)16-6-4-3-5-7-16/h3-9,12H,10-11,13H2,1-2H3,(H,22,26). The number of carbonyl (C=O) groups is 2. The molecule has 0 atom stereocenters. The highest BCUT2D eigenvalue weighted by Crippen LogP contribution is 2.17. The van der Waals surface area contributed by atoms with Crippen LogP contribution in [0.5, 0.6) is 0 Å². The highest BCUT2D eigenvalue weighted by molar-refractivity contribution is 5.98. The molecule has 3 aromatic rings. The smallest absolute Gasteiger partial charge is 0.247 e. The minimum absolute atomic E-state index is 0.0441. The van der Waals surface area contributed by atoms with Gasteiger partial charge in [-0.2, -0.15) is 0 Å². The average molecular weight is 363 g/mol. The number of carbonyl (C=O) groups excluding carboxylic acids is 2. The van der Waals surface area contributed by atoms with Gasteiger partial charge in [0.1, 0.15) is 0 Å². The maximum atomic E-state index is 12.2. The summed E-state index contributed by atoms with van der Waals surface area (Å²) >= 11 is 0. The number of aromatic nitrogens is 2. The number of hydrogen-bond donors (Lipinski definition) is 1. The molecule has 0 aliphatic rings. The number of amides is 1. The van der Waals surface area contributed by atoms with E-state index in [0.717, 1.165) is 16.7 Å². The van der Waals surface area contributed by atoms with Gasteiger partial charge in [-0.05, 0) is 43.2 Å². The first-order chi connectivity index (χ1) is 13.0. The van der Waals surface area contributed by atoms with Gasteiger partial charge in [0.25, 0.3) is 0 Å². The molecule has 0 unspecified atom stereocenters. The van der Waals surface area contributed by atoms with Crippen LogP contribution in [0, 0.1) is 13.8 Å². The van der Waals surface area contributed by atoms with Crippen molar-refractivity contribution in [3.8, 4) is 11.5 Å². The first kappa shape index (κ1) is 18.5. The Morgan fingerprint density at radius 1 is 0.963 bits per heavy atom. The van der Waals surface area contributed by atoms with Crippen molar-refractivity contribution in [3.63, 3.8) is 0 Å². The van der Waals surface area contributed by atoms with E-state index in [4.69, 9.17) is 4.42 Å². The Balaban J connectivity index is 1.48. The van der Waals surface area contributed by atoms with E-state index in [-0.39, 0.29) is 31.1 Å². The fourth-order valence-corrected chi connectivity index (χ4v) is 2.57. The van der Waals surface area contributed by atoms with Gasteiger partial charge in [-0.25, -0.2) is 0 Å². The van der Waals surface area contributed by atoms with Crippen molar-refractivity contribution in [1.82, 2.24) is 15.5 Å². The van der Waals surface area contributed by atoms with E-state index in [1.807, 2.05) is 56.3 Å². The minimum atomic E-state index is -0.230. The summed E-state index contributed by atoms with van der Waals surface area (Å²) < 4.78 is 5.54. The Hall–Kier alpha value is -3.28. The topological polar surface area (TPSA) is 85.1 Å². The van der Waals surface area contributed by atoms with E-state index < -0.39 is 0 Å². The van der Waals surface area contributed by atoms with Crippen LogP contribution in [0.15, 0.2) is 52.9 Å². The molecule has 1 heterocycles. The Bertz CT molecular complexity index is 948. The molecule has 2 aromatic carbocycles. The normalized spacial score (nSPS) is 10.6.